The summed E-state index contributed by atoms with van der Waals surface area (Å²) >= 11 is 0. The lowest BCUT2D eigenvalue weighted by atomic mass is 9.91. The highest BCUT2D eigenvalue weighted by Gasteiger charge is 2.40. The zero-order valence-corrected chi connectivity index (χ0v) is 14.6. The maximum absolute atomic E-state index is 14.1. The maximum atomic E-state index is 14.1. The minimum Gasteiger partial charge on any atom is -0.465 e. The number of hydrogen-bond acceptors (Lipinski definition) is 3. The Kier molecular flexibility index (Phi) is 5.63. The molecule has 1 fully saturated rings. The van der Waals surface area contributed by atoms with Crippen LogP contribution in [0.3, 0.4) is 0 Å². The lowest BCUT2D eigenvalue weighted by Crippen LogP contribution is -2.57. The number of hydrogen-bond donors (Lipinski definition) is 2. The fourth-order valence-electron chi connectivity index (χ4n) is 3.48. The van der Waals surface area contributed by atoms with E-state index < -0.39 is 35.4 Å². The molecule has 0 saturated carbocycles. The van der Waals surface area contributed by atoms with Crippen molar-refractivity contribution in [2.24, 2.45) is 0 Å². The smallest absolute Gasteiger partial charge is 0.408 e. The quantitative estimate of drug-likeness (QED) is 0.855. The van der Waals surface area contributed by atoms with Gasteiger partial charge in [0.05, 0.1) is 12.1 Å². The predicted octanol–water partition coefficient (Wildman–Crippen LogP) is 3.47. The van der Waals surface area contributed by atoms with Crippen molar-refractivity contribution in [2.45, 2.75) is 57.2 Å². The normalized spacial score (nSPS) is 24.2. The van der Waals surface area contributed by atoms with Gasteiger partial charge in [-0.1, -0.05) is 12.1 Å². The van der Waals surface area contributed by atoms with Gasteiger partial charge in [0.25, 0.3) is 0 Å². The van der Waals surface area contributed by atoms with E-state index >= 15 is 0 Å². The van der Waals surface area contributed by atoms with Crippen LogP contribution in [0.25, 0.3) is 0 Å². The molecule has 0 bridgehead atoms. The van der Waals surface area contributed by atoms with Crippen molar-refractivity contribution in [1.82, 2.24) is 10.2 Å². The molecule has 1 aliphatic heterocycles. The molecular weight excluding hydrogens is 328 g/mol. The van der Waals surface area contributed by atoms with Crippen molar-refractivity contribution in [3.05, 3.63) is 35.4 Å². The van der Waals surface area contributed by atoms with Gasteiger partial charge >= 0.3 is 6.09 Å². The summed E-state index contributed by atoms with van der Waals surface area (Å²) in [6.07, 6.45) is -0.263. The number of carboxylic acid groups (broad SMARTS) is 1. The van der Waals surface area contributed by atoms with Crippen LogP contribution in [0.4, 0.5) is 13.6 Å². The number of amides is 1. The Morgan fingerprint density at radius 3 is 2.60 bits per heavy atom. The second-order valence-electron chi connectivity index (χ2n) is 7.32. The van der Waals surface area contributed by atoms with Crippen LogP contribution in [-0.4, -0.2) is 40.3 Å². The molecule has 1 saturated heterocycles. The first-order valence-electron chi connectivity index (χ1n) is 8.26. The molecule has 136 valence electrons. The zero-order chi connectivity index (χ0) is 18.8. The van der Waals surface area contributed by atoms with Gasteiger partial charge in [0.15, 0.2) is 11.6 Å². The third kappa shape index (κ3) is 4.07. The van der Waals surface area contributed by atoms with Crippen molar-refractivity contribution in [1.29, 1.82) is 5.26 Å². The minimum absolute atomic E-state index is 0.252. The molecule has 2 N–H and O–H groups in total. The second kappa shape index (κ2) is 7.36. The van der Waals surface area contributed by atoms with E-state index in [-0.39, 0.29) is 18.0 Å². The molecule has 1 aliphatic rings. The number of rotatable bonds is 2. The van der Waals surface area contributed by atoms with Gasteiger partial charge in [0, 0.05) is 12.1 Å². The van der Waals surface area contributed by atoms with Crippen molar-refractivity contribution in [3.63, 3.8) is 0 Å². The van der Waals surface area contributed by atoms with Gasteiger partial charge in [-0.05, 0) is 51.2 Å². The summed E-state index contributed by atoms with van der Waals surface area (Å²) in [5.74, 6) is -2.11. The zero-order valence-electron chi connectivity index (χ0n) is 14.6. The van der Waals surface area contributed by atoms with Crippen LogP contribution in [0.15, 0.2) is 18.2 Å². The molecule has 3 atom stereocenters. The Bertz CT molecular complexity index is 682. The van der Waals surface area contributed by atoms with E-state index in [1.165, 1.54) is 17.0 Å². The summed E-state index contributed by atoms with van der Waals surface area (Å²) in [6, 6.07) is 4.89. The summed E-state index contributed by atoms with van der Waals surface area (Å²) in [5.41, 5.74) is -0.431. The number of nitriles is 1. The van der Waals surface area contributed by atoms with Gasteiger partial charge < -0.3 is 5.11 Å². The van der Waals surface area contributed by atoms with Gasteiger partial charge in [-0.15, -0.1) is 0 Å². The van der Waals surface area contributed by atoms with Crippen molar-refractivity contribution >= 4 is 6.09 Å². The molecule has 1 amide bonds. The van der Waals surface area contributed by atoms with Crippen LogP contribution in [0.2, 0.25) is 0 Å². The molecule has 0 spiro atoms. The van der Waals surface area contributed by atoms with Crippen molar-refractivity contribution < 1.29 is 18.7 Å². The van der Waals surface area contributed by atoms with Gasteiger partial charge in [0.2, 0.25) is 0 Å². The average molecular weight is 351 g/mol. The second-order valence-corrected chi connectivity index (χ2v) is 7.32. The summed E-state index contributed by atoms with van der Waals surface area (Å²) in [4.78, 5) is 13.0. The van der Waals surface area contributed by atoms with Crippen LogP contribution in [-0.2, 0) is 0 Å². The Labute approximate surface area is 146 Å². The minimum atomic E-state index is -1.10. The SMILES string of the molecule is CC(C)(C)N(C(=O)O)[C@@H]1CC[C@@H](c2cccc(F)c2F)CNC1C#N. The lowest BCUT2D eigenvalue weighted by molar-refractivity contribution is 0.0614. The third-order valence-corrected chi connectivity index (χ3v) is 4.60. The molecule has 1 unspecified atom stereocenters. The molecule has 0 aromatic heterocycles. The highest BCUT2D eigenvalue weighted by Crippen LogP contribution is 2.31. The average Bonchev–Trinajstić information content (AvgIpc) is 2.71. The Morgan fingerprint density at radius 2 is 2.04 bits per heavy atom. The molecule has 5 nitrogen and oxygen atoms in total. The van der Waals surface area contributed by atoms with Crippen molar-refractivity contribution in [3.8, 4) is 6.07 Å². The predicted molar refractivity (Wildman–Crippen MR) is 89.1 cm³/mol. The fraction of sp³-hybridized carbons (Fsp3) is 0.556. The summed E-state index contributed by atoms with van der Waals surface area (Å²) in [6.45, 7) is 5.59. The Morgan fingerprint density at radius 1 is 1.36 bits per heavy atom. The fourth-order valence-corrected chi connectivity index (χ4v) is 3.48. The van der Waals surface area contributed by atoms with E-state index in [4.69, 9.17) is 0 Å². The molecule has 1 aromatic carbocycles. The number of halogens is 2. The largest absolute Gasteiger partial charge is 0.465 e. The van der Waals surface area contributed by atoms with Gasteiger partial charge in [-0.3, -0.25) is 10.2 Å². The van der Waals surface area contributed by atoms with E-state index in [1.54, 1.807) is 20.8 Å². The highest BCUT2D eigenvalue weighted by atomic mass is 19.2. The number of benzene rings is 1. The molecule has 7 heteroatoms. The summed E-state index contributed by atoms with van der Waals surface area (Å²) in [5, 5.41) is 22.1. The molecule has 0 radical (unpaired) electrons. The van der Waals surface area contributed by atoms with Gasteiger partial charge in [-0.2, -0.15) is 5.26 Å². The van der Waals surface area contributed by atoms with Crippen LogP contribution < -0.4 is 5.32 Å². The standard InChI is InChI=1S/C18H23F2N3O2/c1-18(2,3)23(17(24)25)15-8-7-11(10-22-14(15)9-21)12-5-4-6-13(19)16(12)20/h4-6,11,14-15,22H,7-8,10H2,1-3H3,(H,24,25)/t11-,14?,15-/m1/s1. The monoisotopic (exact) mass is 351 g/mol. The van der Waals surface area contributed by atoms with Crippen LogP contribution >= 0.6 is 0 Å². The number of carbonyl (C=O) groups is 1. The number of nitrogens with zero attached hydrogens (tertiary/aromatic N) is 2. The van der Waals surface area contributed by atoms with Crippen LogP contribution in [0.1, 0.15) is 45.1 Å². The van der Waals surface area contributed by atoms with Crippen LogP contribution in [0, 0.1) is 23.0 Å². The lowest BCUT2D eigenvalue weighted by Gasteiger charge is -2.40. The molecule has 25 heavy (non-hydrogen) atoms. The summed E-state index contributed by atoms with van der Waals surface area (Å²) < 4.78 is 27.6. The first-order valence-corrected chi connectivity index (χ1v) is 8.26. The van der Waals surface area contributed by atoms with E-state index in [0.717, 1.165) is 6.07 Å². The first kappa shape index (κ1) is 19.1. The first-order chi connectivity index (χ1) is 11.7. The number of nitrogens with one attached hydrogen (secondary N) is 1. The van der Waals surface area contributed by atoms with E-state index in [2.05, 4.69) is 11.4 Å². The van der Waals surface area contributed by atoms with Crippen molar-refractivity contribution in [2.75, 3.05) is 6.54 Å². The molecular formula is C18H23F2N3O2. The Balaban J connectivity index is 2.31. The molecule has 0 aliphatic carbocycles. The van der Waals surface area contributed by atoms with E-state index in [0.29, 0.717) is 12.8 Å². The Hall–Kier alpha value is -2.20. The molecule has 1 aromatic rings. The molecule has 1 heterocycles. The van der Waals surface area contributed by atoms with E-state index in [9.17, 15) is 23.9 Å². The van der Waals surface area contributed by atoms with Gasteiger partial charge in [-0.25, -0.2) is 13.6 Å². The molecule has 2 rings (SSSR count). The summed E-state index contributed by atoms with van der Waals surface area (Å²) in [7, 11) is 0. The van der Waals surface area contributed by atoms with E-state index in [1.807, 2.05) is 0 Å². The maximum Gasteiger partial charge on any atom is 0.408 e. The highest BCUT2D eigenvalue weighted by molar-refractivity contribution is 5.66. The topological polar surface area (TPSA) is 76.4 Å². The van der Waals surface area contributed by atoms with Crippen LogP contribution in [0.5, 0.6) is 0 Å². The third-order valence-electron chi connectivity index (χ3n) is 4.60. The van der Waals surface area contributed by atoms with Gasteiger partial charge in [0.1, 0.15) is 6.04 Å².